The number of ether oxygens (including phenoxy) is 1. The van der Waals surface area contributed by atoms with Crippen LogP contribution in [0.1, 0.15) is 40.7 Å². The molecule has 0 saturated heterocycles. The largest absolute Gasteiger partial charge is 0.493 e. The molecule has 0 aliphatic carbocycles. The fourth-order valence-electron chi connectivity index (χ4n) is 4.49. The predicted octanol–water partition coefficient (Wildman–Crippen LogP) is 6.98. The lowest BCUT2D eigenvalue weighted by Crippen LogP contribution is -2.14. The number of hydrogen-bond donors (Lipinski definition) is 2. The van der Waals surface area contributed by atoms with Crippen molar-refractivity contribution in [2.24, 2.45) is 0 Å². The van der Waals surface area contributed by atoms with Crippen LogP contribution < -0.4 is 15.4 Å². The summed E-state index contributed by atoms with van der Waals surface area (Å²) in [5.74, 6) is 0.552. The van der Waals surface area contributed by atoms with Gasteiger partial charge in [0, 0.05) is 12.5 Å². The highest BCUT2D eigenvalue weighted by Gasteiger charge is 2.19. The summed E-state index contributed by atoms with van der Waals surface area (Å²) in [6.07, 6.45) is 0.892. The van der Waals surface area contributed by atoms with Crippen molar-refractivity contribution in [1.29, 1.82) is 0 Å². The Balaban J connectivity index is 1.27. The predicted molar refractivity (Wildman–Crippen MR) is 151 cm³/mol. The number of benzene rings is 4. The molecule has 0 saturated carbocycles. The molecule has 186 valence electrons. The maximum atomic E-state index is 13.3. The van der Waals surface area contributed by atoms with Crippen molar-refractivity contribution in [2.75, 3.05) is 23.8 Å². The molecule has 0 bridgehead atoms. The van der Waals surface area contributed by atoms with Gasteiger partial charge in [-0.15, -0.1) is 10.2 Å². The highest BCUT2D eigenvalue weighted by atomic mass is 32.1. The van der Waals surface area contributed by atoms with Gasteiger partial charge in [-0.3, -0.25) is 10.1 Å². The average Bonchev–Trinajstić information content (AvgIpc) is 3.39. The quantitative estimate of drug-likeness (QED) is 0.213. The second kappa shape index (κ2) is 11.7. The summed E-state index contributed by atoms with van der Waals surface area (Å²) >= 11 is 1.32. The smallest absolute Gasteiger partial charge is 0.261 e. The monoisotopic (exact) mass is 508 g/mol. The third-order valence-corrected chi connectivity index (χ3v) is 6.97. The van der Waals surface area contributed by atoms with Crippen LogP contribution in [-0.4, -0.2) is 29.3 Å². The molecule has 37 heavy (non-hydrogen) atoms. The van der Waals surface area contributed by atoms with E-state index in [2.05, 4.69) is 69.4 Å². The Morgan fingerprint density at radius 3 is 2.19 bits per heavy atom. The highest BCUT2D eigenvalue weighted by Crippen LogP contribution is 2.31. The maximum Gasteiger partial charge on any atom is 0.261 e. The number of nitrogens with one attached hydrogen (secondary N) is 2. The number of amides is 1. The Morgan fingerprint density at radius 2 is 1.49 bits per heavy atom. The first-order valence-electron chi connectivity index (χ1n) is 12.4. The number of carbonyl (C=O) groups excluding carboxylic acids is 1. The van der Waals surface area contributed by atoms with Crippen LogP contribution in [0.5, 0.6) is 5.75 Å². The number of aromatic nitrogens is 2. The Morgan fingerprint density at radius 1 is 0.838 bits per heavy atom. The molecule has 7 heteroatoms. The van der Waals surface area contributed by atoms with Crippen molar-refractivity contribution in [3.8, 4) is 5.75 Å². The van der Waals surface area contributed by atoms with Gasteiger partial charge < -0.3 is 10.1 Å². The molecule has 1 aromatic heterocycles. The van der Waals surface area contributed by atoms with Crippen LogP contribution in [0.25, 0.3) is 10.8 Å². The van der Waals surface area contributed by atoms with Gasteiger partial charge in [-0.2, -0.15) is 0 Å². The van der Waals surface area contributed by atoms with E-state index in [0.717, 1.165) is 23.7 Å². The zero-order valence-electron chi connectivity index (χ0n) is 20.6. The summed E-state index contributed by atoms with van der Waals surface area (Å²) in [7, 11) is 0. The Hall–Kier alpha value is -4.23. The summed E-state index contributed by atoms with van der Waals surface area (Å²) in [5.41, 5.74) is 3.06. The number of carbonyl (C=O) groups is 1. The number of rotatable bonds is 10. The Kier molecular flexibility index (Phi) is 7.72. The van der Waals surface area contributed by atoms with Gasteiger partial charge in [0.2, 0.25) is 10.3 Å². The molecular weight excluding hydrogens is 480 g/mol. The molecule has 2 N–H and O–H groups in total. The summed E-state index contributed by atoms with van der Waals surface area (Å²) in [4.78, 5) is 13.3. The topological polar surface area (TPSA) is 76.1 Å². The molecule has 1 heterocycles. The van der Waals surface area contributed by atoms with E-state index < -0.39 is 0 Å². The molecule has 0 spiro atoms. The summed E-state index contributed by atoms with van der Waals surface area (Å²) in [6, 6.07) is 32.6. The zero-order valence-corrected chi connectivity index (χ0v) is 21.4. The Bertz CT molecular complexity index is 1430. The Labute approximate surface area is 220 Å². The van der Waals surface area contributed by atoms with Crippen LogP contribution in [0.2, 0.25) is 0 Å². The molecule has 5 rings (SSSR count). The third-order valence-electron chi connectivity index (χ3n) is 6.18. The lowest BCUT2D eigenvalue weighted by molar-refractivity contribution is 0.102. The molecule has 5 aromatic rings. The van der Waals surface area contributed by atoms with Gasteiger partial charge in [0.1, 0.15) is 5.75 Å². The summed E-state index contributed by atoms with van der Waals surface area (Å²) in [5, 5.41) is 17.6. The van der Waals surface area contributed by atoms with Crippen molar-refractivity contribution >= 4 is 38.3 Å². The number of nitrogens with zero attached hydrogens (tertiary/aromatic N) is 2. The highest BCUT2D eigenvalue weighted by molar-refractivity contribution is 7.19. The van der Waals surface area contributed by atoms with Gasteiger partial charge in [0.25, 0.3) is 5.91 Å². The fraction of sp³-hybridized carbons (Fsp3) is 0.167. The fourth-order valence-corrected chi connectivity index (χ4v) is 5.15. The SMILES string of the molecule is CCOc1ccc2ccccc2c1C(=O)Nc1nnc(NCCC(c2ccccc2)c2ccccc2)s1. The summed E-state index contributed by atoms with van der Waals surface area (Å²) < 4.78 is 5.75. The second-order valence-corrected chi connectivity index (χ2v) is 9.53. The molecule has 4 aromatic carbocycles. The first-order valence-corrected chi connectivity index (χ1v) is 13.2. The van der Waals surface area contributed by atoms with Crippen molar-refractivity contribution < 1.29 is 9.53 Å². The molecule has 0 fully saturated rings. The van der Waals surface area contributed by atoms with E-state index in [-0.39, 0.29) is 11.8 Å². The molecule has 0 radical (unpaired) electrons. The van der Waals surface area contributed by atoms with E-state index in [1.54, 1.807) is 0 Å². The summed E-state index contributed by atoms with van der Waals surface area (Å²) in [6.45, 7) is 3.09. The minimum atomic E-state index is -0.267. The normalized spacial score (nSPS) is 11.0. The van der Waals surface area contributed by atoms with E-state index in [9.17, 15) is 4.79 Å². The maximum absolute atomic E-state index is 13.3. The van der Waals surface area contributed by atoms with E-state index in [1.807, 2.05) is 55.5 Å². The van der Waals surface area contributed by atoms with Gasteiger partial charge in [-0.05, 0) is 41.3 Å². The molecule has 1 amide bonds. The van der Waals surface area contributed by atoms with Gasteiger partial charge in [0.05, 0.1) is 12.2 Å². The van der Waals surface area contributed by atoms with Crippen LogP contribution >= 0.6 is 11.3 Å². The molecular formula is C30H28N4O2S. The van der Waals surface area contributed by atoms with Gasteiger partial charge in [-0.25, -0.2) is 0 Å². The first kappa shape index (κ1) is 24.5. The third kappa shape index (κ3) is 5.78. The minimum Gasteiger partial charge on any atom is -0.493 e. The lowest BCUT2D eigenvalue weighted by Gasteiger charge is -2.18. The van der Waals surface area contributed by atoms with Gasteiger partial charge >= 0.3 is 0 Å². The lowest BCUT2D eigenvalue weighted by atomic mass is 9.88. The molecule has 0 atom stereocenters. The van der Waals surface area contributed by atoms with E-state index in [4.69, 9.17) is 4.74 Å². The number of anilines is 2. The molecule has 0 aliphatic heterocycles. The second-order valence-electron chi connectivity index (χ2n) is 8.55. The average molecular weight is 509 g/mol. The molecule has 6 nitrogen and oxygen atoms in total. The van der Waals surface area contributed by atoms with Crippen LogP contribution in [-0.2, 0) is 0 Å². The van der Waals surface area contributed by atoms with Crippen molar-refractivity contribution in [2.45, 2.75) is 19.3 Å². The van der Waals surface area contributed by atoms with Gasteiger partial charge in [-0.1, -0.05) is 102 Å². The van der Waals surface area contributed by atoms with E-state index >= 15 is 0 Å². The standard InChI is InChI=1S/C30H28N4O2S/c1-2-36-26-18-17-23-15-9-10-16-25(23)27(26)28(35)32-30-34-33-29(37-30)31-20-19-24(21-11-5-3-6-12-21)22-13-7-4-8-14-22/h3-18,24H,2,19-20H2,1H3,(H,31,33)(H,32,34,35). The van der Waals surface area contributed by atoms with E-state index in [0.29, 0.717) is 28.2 Å². The number of hydrogen-bond acceptors (Lipinski definition) is 6. The van der Waals surface area contributed by atoms with Crippen LogP contribution in [0.3, 0.4) is 0 Å². The van der Waals surface area contributed by atoms with E-state index in [1.165, 1.54) is 22.5 Å². The van der Waals surface area contributed by atoms with Crippen molar-refractivity contribution in [3.05, 3.63) is 114 Å². The van der Waals surface area contributed by atoms with Crippen molar-refractivity contribution in [3.63, 3.8) is 0 Å². The minimum absolute atomic E-state index is 0.267. The van der Waals surface area contributed by atoms with Crippen LogP contribution in [0.15, 0.2) is 97.1 Å². The number of fused-ring (bicyclic) bond motifs is 1. The van der Waals surface area contributed by atoms with Crippen LogP contribution in [0.4, 0.5) is 10.3 Å². The van der Waals surface area contributed by atoms with Crippen LogP contribution in [0, 0.1) is 0 Å². The first-order chi connectivity index (χ1) is 18.2. The molecule has 0 unspecified atom stereocenters. The van der Waals surface area contributed by atoms with Crippen molar-refractivity contribution in [1.82, 2.24) is 10.2 Å². The molecule has 0 aliphatic rings. The zero-order chi connectivity index (χ0) is 25.5. The van der Waals surface area contributed by atoms with Gasteiger partial charge in [0.15, 0.2) is 0 Å².